The Morgan fingerprint density at radius 3 is 2.11 bits per heavy atom. The number of ether oxygens (including phenoxy) is 2. The van der Waals surface area contributed by atoms with E-state index in [1.54, 1.807) is 25.8 Å². The van der Waals surface area contributed by atoms with Gasteiger partial charge in [0.2, 0.25) is 0 Å². The Morgan fingerprint density at radius 1 is 0.971 bits per heavy atom. The third-order valence-corrected chi connectivity index (χ3v) is 5.75. The van der Waals surface area contributed by atoms with Crippen LogP contribution in [0.2, 0.25) is 0 Å². The molecule has 1 aliphatic rings. The Morgan fingerprint density at radius 2 is 1.54 bits per heavy atom. The second-order valence-corrected chi connectivity index (χ2v) is 11.5. The topological polar surface area (TPSA) is 100 Å². The molecule has 2 unspecified atom stereocenters. The van der Waals surface area contributed by atoms with Crippen molar-refractivity contribution in [2.24, 2.45) is 5.92 Å². The van der Waals surface area contributed by atoms with Gasteiger partial charge in [0.25, 0.3) is 0 Å². The van der Waals surface area contributed by atoms with Gasteiger partial charge in [-0.1, -0.05) is 62.4 Å². The van der Waals surface area contributed by atoms with Crippen molar-refractivity contribution in [1.82, 2.24) is 15.8 Å². The number of alkyl carbamates (subject to hydrolysis) is 1. The van der Waals surface area contributed by atoms with Crippen LogP contribution in [-0.2, 0) is 16.0 Å². The first-order valence-corrected chi connectivity index (χ1v) is 12.8. The lowest BCUT2D eigenvalue weighted by Crippen LogP contribution is -2.53. The van der Waals surface area contributed by atoms with Gasteiger partial charge in [0.1, 0.15) is 11.2 Å². The van der Waals surface area contributed by atoms with Crippen molar-refractivity contribution in [2.45, 2.75) is 110 Å². The van der Waals surface area contributed by atoms with Gasteiger partial charge in [0.15, 0.2) is 0 Å². The van der Waals surface area contributed by atoms with Crippen LogP contribution in [0.25, 0.3) is 0 Å². The maximum absolute atomic E-state index is 12.6. The molecule has 3 N–H and O–H groups in total. The Hall–Kier alpha value is -2.32. The van der Waals surface area contributed by atoms with Crippen molar-refractivity contribution < 1.29 is 24.2 Å². The van der Waals surface area contributed by atoms with Gasteiger partial charge < -0.3 is 19.9 Å². The molecule has 8 heteroatoms. The van der Waals surface area contributed by atoms with E-state index in [2.05, 4.69) is 10.7 Å². The molecule has 35 heavy (non-hydrogen) atoms. The fraction of sp³-hybridized carbons (Fsp3) is 0.704. The Bertz CT molecular complexity index is 782. The number of carbonyl (C=O) groups excluding carboxylic acids is 2. The lowest BCUT2D eigenvalue weighted by molar-refractivity contribution is 0.00755. The molecule has 8 nitrogen and oxygen atoms in total. The first-order valence-electron chi connectivity index (χ1n) is 12.8. The SMILES string of the molecule is CC(C)(C)OC(=O)NC(CC1CCCCC1)C(O)CN(Cc1ccccc1)NC(=O)OC(C)(C)C. The summed E-state index contributed by atoms with van der Waals surface area (Å²) in [5.41, 5.74) is 2.46. The Kier molecular flexibility index (Phi) is 10.8. The van der Waals surface area contributed by atoms with Gasteiger partial charge in [0.05, 0.1) is 12.1 Å². The highest BCUT2D eigenvalue weighted by molar-refractivity contribution is 5.68. The maximum Gasteiger partial charge on any atom is 0.422 e. The Balaban J connectivity index is 2.14. The number of hydrogen-bond donors (Lipinski definition) is 3. The zero-order chi connectivity index (χ0) is 26.1. The fourth-order valence-electron chi connectivity index (χ4n) is 4.29. The van der Waals surface area contributed by atoms with Gasteiger partial charge >= 0.3 is 12.2 Å². The molecule has 2 atom stereocenters. The molecule has 0 radical (unpaired) electrons. The number of hydrazine groups is 1. The van der Waals surface area contributed by atoms with Crippen molar-refractivity contribution in [1.29, 1.82) is 0 Å². The lowest BCUT2D eigenvalue weighted by Gasteiger charge is -2.34. The average molecular weight is 492 g/mol. The molecule has 198 valence electrons. The Labute approximate surface area is 210 Å². The predicted octanol–water partition coefficient (Wildman–Crippen LogP) is 5.15. The molecule has 2 amide bonds. The molecule has 1 saturated carbocycles. The van der Waals surface area contributed by atoms with E-state index in [-0.39, 0.29) is 6.54 Å². The molecule has 0 bridgehead atoms. The van der Waals surface area contributed by atoms with Gasteiger partial charge in [-0.15, -0.1) is 0 Å². The molecule has 2 rings (SSSR count). The summed E-state index contributed by atoms with van der Waals surface area (Å²) in [5.74, 6) is 0.430. The van der Waals surface area contributed by atoms with Gasteiger partial charge in [-0.3, -0.25) is 5.43 Å². The van der Waals surface area contributed by atoms with Crippen molar-refractivity contribution in [3.63, 3.8) is 0 Å². The number of nitrogens with one attached hydrogen (secondary N) is 2. The number of hydrogen-bond acceptors (Lipinski definition) is 6. The summed E-state index contributed by atoms with van der Waals surface area (Å²) in [7, 11) is 0. The minimum atomic E-state index is -0.928. The van der Waals surface area contributed by atoms with Gasteiger partial charge in [-0.25, -0.2) is 14.6 Å². The van der Waals surface area contributed by atoms with Crippen LogP contribution in [0.4, 0.5) is 9.59 Å². The molecule has 1 fully saturated rings. The van der Waals surface area contributed by atoms with E-state index < -0.39 is 35.5 Å². The zero-order valence-corrected chi connectivity index (χ0v) is 22.3. The van der Waals surface area contributed by atoms with Gasteiger partial charge in [-0.05, 0) is 59.4 Å². The molecular formula is C27H45N3O5. The minimum Gasteiger partial charge on any atom is -0.444 e. The normalized spacial score (nSPS) is 16.9. The van der Waals surface area contributed by atoms with E-state index in [9.17, 15) is 14.7 Å². The zero-order valence-electron chi connectivity index (χ0n) is 22.3. The first-order chi connectivity index (χ1) is 16.3. The van der Waals surface area contributed by atoms with Crippen LogP contribution >= 0.6 is 0 Å². The number of aliphatic hydroxyl groups excluding tert-OH is 1. The molecule has 0 heterocycles. The van der Waals surface area contributed by atoms with Crippen LogP contribution in [0.15, 0.2) is 30.3 Å². The quantitative estimate of drug-likeness (QED) is 0.413. The van der Waals surface area contributed by atoms with Crippen LogP contribution in [0, 0.1) is 5.92 Å². The largest absolute Gasteiger partial charge is 0.444 e. The first kappa shape index (κ1) is 28.9. The van der Waals surface area contributed by atoms with E-state index in [4.69, 9.17) is 9.47 Å². The number of aliphatic hydroxyl groups is 1. The van der Waals surface area contributed by atoms with Crippen LogP contribution in [-0.4, -0.2) is 52.2 Å². The molecular weight excluding hydrogens is 446 g/mol. The predicted molar refractivity (Wildman–Crippen MR) is 137 cm³/mol. The minimum absolute atomic E-state index is 0.112. The van der Waals surface area contributed by atoms with Crippen molar-refractivity contribution in [3.05, 3.63) is 35.9 Å². The van der Waals surface area contributed by atoms with E-state index in [0.717, 1.165) is 18.4 Å². The number of benzene rings is 1. The summed E-state index contributed by atoms with van der Waals surface area (Å²) in [4.78, 5) is 25.1. The molecule has 1 aliphatic carbocycles. The monoisotopic (exact) mass is 491 g/mol. The van der Waals surface area contributed by atoms with Crippen molar-refractivity contribution in [2.75, 3.05) is 6.54 Å². The van der Waals surface area contributed by atoms with E-state index in [1.807, 2.05) is 51.1 Å². The second kappa shape index (κ2) is 13.1. The highest BCUT2D eigenvalue weighted by atomic mass is 16.6. The molecule has 0 saturated heterocycles. The van der Waals surface area contributed by atoms with Crippen LogP contribution in [0.3, 0.4) is 0 Å². The highest BCUT2D eigenvalue weighted by Crippen LogP contribution is 2.28. The number of nitrogens with zero attached hydrogens (tertiary/aromatic N) is 1. The van der Waals surface area contributed by atoms with E-state index >= 15 is 0 Å². The molecule has 0 aliphatic heterocycles. The maximum atomic E-state index is 12.6. The summed E-state index contributed by atoms with van der Waals surface area (Å²) in [6.45, 7) is 11.3. The summed E-state index contributed by atoms with van der Waals surface area (Å²) in [6.07, 6.45) is 4.33. The highest BCUT2D eigenvalue weighted by Gasteiger charge is 2.30. The average Bonchev–Trinajstić information content (AvgIpc) is 2.72. The van der Waals surface area contributed by atoms with Crippen molar-refractivity contribution in [3.8, 4) is 0 Å². The number of amides is 2. The number of rotatable bonds is 9. The van der Waals surface area contributed by atoms with Gasteiger partial charge in [0, 0.05) is 13.1 Å². The fourth-order valence-corrected chi connectivity index (χ4v) is 4.29. The van der Waals surface area contributed by atoms with Crippen LogP contribution in [0.1, 0.15) is 85.6 Å². The second-order valence-electron chi connectivity index (χ2n) is 11.5. The molecule has 1 aromatic rings. The van der Waals surface area contributed by atoms with E-state index in [1.165, 1.54) is 19.3 Å². The lowest BCUT2D eigenvalue weighted by atomic mass is 9.83. The van der Waals surface area contributed by atoms with Gasteiger partial charge in [-0.2, -0.15) is 0 Å². The third kappa shape index (κ3) is 12.3. The number of carbonyl (C=O) groups is 2. The van der Waals surface area contributed by atoms with Crippen LogP contribution in [0.5, 0.6) is 0 Å². The smallest absolute Gasteiger partial charge is 0.422 e. The summed E-state index contributed by atoms with van der Waals surface area (Å²) in [5, 5.41) is 15.8. The van der Waals surface area contributed by atoms with Crippen LogP contribution < -0.4 is 10.7 Å². The summed E-state index contributed by atoms with van der Waals surface area (Å²) in [6, 6.07) is 9.17. The van der Waals surface area contributed by atoms with E-state index in [0.29, 0.717) is 18.9 Å². The molecule has 0 aromatic heterocycles. The third-order valence-electron chi connectivity index (χ3n) is 5.75. The molecule has 0 spiro atoms. The standard InChI is InChI=1S/C27H45N3O5/c1-26(2,3)34-24(32)28-22(17-20-13-9-7-10-14-20)23(31)19-30(18-21-15-11-8-12-16-21)29-25(33)35-27(4,5)6/h8,11-12,15-16,20,22-23,31H,7,9-10,13-14,17-19H2,1-6H3,(H,28,32)(H,29,33). The summed E-state index contributed by atoms with van der Waals surface area (Å²) < 4.78 is 10.9. The molecule has 1 aromatic carbocycles. The van der Waals surface area contributed by atoms with Crippen molar-refractivity contribution >= 4 is 12.2 Å². The summed E-state index contributed by atoms with van der Waals surface area (Å²) >= 11 is 0.